The van der Waals surface area contributed by atoms with Crippen molar-refractivity contribution >= 4 is 29.1 Å². The molecule has 0 aromatic heterocycles. The van der Waals surface area contributed by atoms with Crippen LogP contribution >= 0.6 is 0 Å². The highest BCUT2D eigenvalue weighted by Crippen LogP contribution is 2.29. The molecule has 1 aliphatic rings. The molecule has 3 rings (SSSR count). The average Bonchev–Trinajstić information content (AvgIpc) is 2.73. The Balaban J connectivity index is 1.64. The summed E-state index contributed by atoms with van der Waals surface area (Å²) >= 11 is 0. The van der Waals surface area contributed by atoms with Crippen molar-refractivity contribution in [1.82, 2.24) is 5.32 Å². The van der Waals surface area contributed by atoms with Gasteiger partial charge in [-0.2, -0.15) is 0 Å². The van der Waals surface area contributed by atoms with Crippen molar-refractivity contribution in [2.75, 3.05) is 29.9 Å². The van der Waals surface area contributed by atoms with Crippen LogP contribution in [0, 0.1) is 0 Å². The van der Waals surface area contributed by atoms with Gasteiger partial charge in [0.1, 0.15) is 0 Å². The van der Waals surface area contributed by atoms with Crippen LogP contribution in [0.5, 0.6) is 0 Å². The molecule has 0 saturated carbocycles. The molecule has 4 N–H and O–H groups in total. The number of nitrogens with zero attached hydrogens (tertiary/aromatic N) is 1. The van der Waals surface area contributed by atoms with Crippen molar-refractivity contribution in [3.05, 3.63) is 59.7 Å². The van der Waals surface area contributed by atoms with Crippen LogP contribution in [0.25, 0.3) is 0 Å². The van der Waals surface area contributed by atoms with Gasteiger partial charge in [0, 0.05) is 18.7 Å². The lowest BCUT2D eigenvalue weighted by molar-refractivity contribution is -0.123. The van der Waals surface area contributed by atoms with Crippen molar-refractivity contribution in [2.45, 2.75) is 25.7 Å². The van der Waals surface area contributed by atoms with Gasteiger partial charge in [-0.1, -0.05) is 30.3 Å². The van der Waals surface area contributed by atoms with Crippen LogP contribution in [0.15, 0.2) is 48.5 Å². The number of carbonyl (C=O) groups is 3. The average molecular weight is 394 g/mol. The Bertz CT molecular complexity index is 877. The van der Waals surface area contributed by atoms with E-state index < -0.39 is 5.91 Å². The molecule has 0 spiro atoms. The molecular weight excluding hydrogens is 368 g/mol. The molecule has 29 heavy (non-hydrogen) atoms. The lowest BCUT2D eigenvalue weighted by atomic mass is 10.1. The van der Waals surface area contributed by atoms with E-state index in [2.05, 4.69) is 15.5 Å². The molecule has 152 valence electrons. The summed E-state index contributed by atoms with van der Waals surface area (Å²) in [5.41, 5.74) is 7.99. The SMILES string of the molecule is NC(=O)c1ccc(N2CCCCC2)c(NC(=O)CNC(=O)Cc2ccccc2)c1. The molecule has 0 aliphatic carbocycles. The van der Waals surface area contributed by atoms with E-state index in [4.69, 9.17) is 5.73 Å². The number of primary amides is 1. The van der Waals surface area contributed by atoms with E-state index in [1.54, 1.807) is 12.1 Å². The molecule has 2 aromatic rings. The molecule has 1 saturated heterocycles. The lowest BCUT2D eigenvalue weighted by Crippen LogP contribution is -2.35. The Morgan fingerprint density at radius 1 is 0.931 bits per heavy atom. The second kappa shape index (κ2) is 9.73. The first-order valence-electron chi connectivity index (χ1n) is 9.82. The van der Waals surface area contributed by atoms with E-state index in [1.165, 1.54) is 6.42 Å². The van der Waals surface area contributed by atoms with E-state index in [-0.39, 0.29) is 24.8 Å². The minimum absolute atomic E-state index is 0.147. The van der Waals surface area contributed by atoms with Gasteiger partial charge in [-0.25, -0.2) is 0 Å². The first-order valence-corrected chi connectivity index (χ1v) is 9.82. The fourth-order valence-corrected chi connectivity index (χ4v) is 3.42. The molecule has 0 unspecified atom stereocenters. The van der Waals surface area contributed by atoms with E-state index in [0.29, 0.717) is 11.3 Å². The van der Waals surface area contributed by atoms with E-state index in [0.717, 1.165) is 37.2 Å². The highest BCUT2D eigenvalue weighted by molar-refractivity contribution is 6.00. The molecule has 2 aromatic carbocycles. The van der Waals surface area contributed by atoms with Gasteiger partial charge in [0.25, 0.3) is 0 Å². The fourth-order valence-electron chi connectivity index (χ4n) is 3.42. The van der Waals surface area contributed by atoms with Gasteiger partial charge in [-0.15, -0.1) is 0 Å². The van der Waals surface area contributed by atoms with Gasteiger partial charge in [0.15, 0.2) is 0 Å². The zero-order chi connectivity index (χ0) is 20.6. The quantitative estimate of drug-likeness (QED) is 0.669. The zero-order valence-electron chi connectivity index (χ0n) is 16.3. The van der Waals surface area contributed by atoms with E-state index in [9.17, 15) is 14.4 Å². The van der Waals surface area contributed by atoms with Gasteiger partial charge in [-0.05, 0) is 43.0 Å². The standard InChI is InChI=1S/C22H26N4O3/c23-22(29)17-9-10-19(26-11-5-2-6-12-26)18(14-17)25-21(28)15-24-20(27)13-16-7-3-1-4-8-16/h1,3-4,7-10,14H,2,5-6,11-13,15H2,(H2,23,29)(H,24,27)(H,25,28). The van der Waals surface area contributed by atoms with Crippen molar-refractivity contribution < 1.29 is 14.4 Å². The maximum atomic E-state index is 12.4. The Kier molecular flexibility index (Phi) is 6.84. The van der Waals surface area contributed by atoms with Crippen LogP contribution in [0.3, 0.4) is 0 Å². The van der Waals surface area contributed by atoms with Crippen molar-refractivity contribution in [2.24, 2.45) is 5.73 Å². The Morgan fingerprint density at radius 3 is 2.34 bits per heavy atom. The number of rotatable bonds is 7. The third-order valence-corrected chi connectivity index (χ3v) is 4.91. The van der Waals surface area contributed by atoms with Crippen molar-refractivity contribution in [3.8, 4) is 0 Å². The number of hydrogen-bond acceptors (Lipinski definition) is 4. The number of amides is 3. The van der Waals surface area contributed by atoms with Crippen molar-refractivity contribution in [3.63, 3.8) is 0 Å². The summed E-state index contributed by atoms with van der Waals surface area (Å²) in [4.78, 5) is 38.2. The topological polar surface area (TPSA) is 105 Å². The predicted octanol–water partition coefficient (Wildman–Crippen LogP) is 2.07. The number of carbonyl (C=O) groups excluding carboxylic acids is 3. The van der Waals surface area contributed by atoms with Crippen LogP contribution in [0.1, 0.15) is 35.2 Å². The zero-order valence-corrected chi connectivity index (χ0v) is 16.3. The molecule has 0 atom stereocenters. The number of anilines is 2. The molecule has 0 bridgehead atoms. The highest BCUT2D eigenvalue weighted by atomic mass is 16.2. The fraction of sp³-hybridized carbons (Fsp3) is 0.318. The first-order chi connectivity index (χ1) is 14.0. The predicted molar refractivity (Wildman–Crippen MR) is 113 cm³/mol. The Hall–Kier alpha value is -3.35. The number of nitrogens with two attached hydrogens (primary N) is 1. The Morgan fingerprint density at radius 2 is 1.66 bits per heavy atom. The monoisotopic (exact) mass is 394 g/mol. The molecule has 0 radical (unpaired) electrons. The molecule has 3 amide bonds. The molecule has 1 heterocycles. The molecule has 1 aliphatic heterocycles. The summed E-state index contributed by atoms with van der Waals surface area (Å²) in [7, 11) is 0. The smallest absolute Gasteiger partial charge is 0.248 e. The van der Waals surface area contributed by atoms with Gasteiger partial charge in [-0.3, -0.25) is 14.4 Å². The largest absolute Gasteiger partial charge is 0.370 e. The molecule has 7 nitrogen and oxygen atoms in total. The number of hydrogen-bond donors (Lipinski definition) is 3. The van der Waals surface area contributed by atoms with Gasteiger partial charge in [0.05, 0.1) is 24.3 Å². The van der Waals surface area contributed by atoms with Gasteiger partial charge in [0.2, 0.25) is 17.7 Å². The molecule has 1 fully saturated rings. The minimum Gasteiger partial charge on any atom is -0.370 e. The molecular formula is C22H26N4O3. The van der Waals surface area contributed by atoms with Crippen LogP contribution in [-0.4, -0.2) is 37.4 Å². The maximum absolute atomic E-state index is 12.4. The normalized spacial score (nSPS) is 13.6. The van der Waals surface area contributed by atoms with Gasteiger partial charge < -0.3 is 21.3 Å². The first kappa shape index (κ1) is 20.4. The van der Waals surface area contributed by atoms with Crippen LogP contribution in [0.4, 0.5) is 11.4 Å². The van der Waals surface area contributed by atoms with E-state index in [1.807, 2.05) is 36.4 Å². The van der Waals surface area contributed by atoms with Crippen LogP contribution < -0.4 is 21.3 Å². The Labute approximate surface area is 170 Å². The molecule has 7 heteroatoms. The van der Waals surface area contributed by atoms with Crippen molar-refractivity contribution in [1.29, 1.82) is 0 Å². The van der Waals surface area contributed by atoms with Gasteiger partial charge >= 0.3 is 0 Å². The second-order valence-corrected chi connectivity index (χ2v) is 7.13. The lowest BCUT2D eigenvalue weighted by Gasteiger charge is -2.30. The van der Waals surface area contributed by atoms with Crippen LogP contribution in [0.2, 0.25) is 0 Å². The summed E-state index contributed by atoms with van der Waals surface area (Å²) in [6.45, 7) is 1.64. The van der Waals surface area contributed by atoms with E-state index >= 15 is 0 Å². The number of benzene rings is 2. The third-order valence-electron chi connectivity index (χ3n) is 4.91. The minimum atomic E-state index is -0.554. The summed E-state index contributed by atoms with van der Waals surface area (Å²) in [6, 6.07) is 14.4. The summed E-state index contributed by atoms with van der Waals surface area (Å²) in [6.07, 6.45) is 3.57. The summed E-state index contributed by atoms with van der Waals surface area (Å²) < 4.78 is 0. The highest BCUT2D eigenvalue weighted by Gasteiger charge is 2.18. The van der Waals surface area contributed by atoms with Crippen LogP contribution in [-0.2, 0) is 16.0 Å². The number of nitrogens with one attached hydrogen (secondary N) is 2. The summed E-state index contributed by atoms with van der Waals surface area (Å²) in [5, 5.41) is 5.45. The maximum Gasteiger partial charge on any atom is 0.248 e. The summed E-state index contributed by atoms with van der Waals surface area (Å²) in [5.74, 6) is -1.14. The third kappa shape index (κ3) is 5.81. The second-order valence-electron chi connectivity index (χ2n) is 7.13. The number of piperidine rings is 1.